The van der Waals surface area contributed by atoms with Crippen LogP contribution < -0.4 is 5.32 Å². The molecule has 0 saturated carbocycles. The molecule has 1 N–H and O–H groups in total. The van der Waals surface area contributed by atoms with Crippen LogP contribution in [0.25, 0.3) is 10.3 Å². The summed E-state index contributed by atoms with van der Waals surface area (Å²) in [5.41, 5.74) is 3.20. The minimum atomic E-state index is 0.213. The zero-order valence-corrected chi connectivity index (χ0v) is 17.6. The Morgan fingerprint density at radius 1 is 1.31 bits per heavy atom. The molecule has 0 aromatic carbocycles. The molecule has 1 amide bonds. The Balaban J connectivity index is 1.70. The van der Waals surface area contributed by atoms with Crippen molar-refractivity contribution in [2.24, 2.45) is 0 Å². The molecule has 3 rings (SSSR count). The molecular weight excluding hydrogens is 382 g/mol. The summed E-state index contributed by atoms with van der Waals surface area (Å²) in [4.78, 5) is 25.8. The third kappa shape index (κ3) is 5.04. The molecule has 0 spiro atoms. The zero-order chi connectivity index (χ0) is 20.8. The summed E-state index contributed by atoms with van der Waals surface area (Å²) in [6, 6.07) is 3.66. The van der Waals surface area contributed by atoms with Crippen molar-refractivity contribution < 1.29 is 4.79 Å². The van der Waals surface area contributed by atoms with Crippen LogP contribution in [0.15, 0.2) is 48.3 Å². The monoisotopic (exact) mass is 407 g/mol. The summed E-state index contributed by atoms with van der Waals surface area (Å²) in [6.45, 7) is 11.1. The van der Waals surface area contributed by atoms with Crippen LogP contribution in [0.2, 0.25) is 0 Å². The predicted octanol–water partition coefficient (Wildman–Crippen LogP) is 3.61. The van der Waals surface area contributed by atoms with E-state index in [1.807, 2.05) is 37.0 Å². The first-order valence-corrected chi connectivity index (χ1v) is 10.4. The van der Waals surface area contributed by atoms with E-state index in [0.717, 1.165) is 53.1 Å². The maximum absolute atomic E-state index is 11.9. The van der Waals surface area contributed by atoms with Crippen LogP contribution in [0.3, 0.4) is 0 Å². The molecule has 1 aliphatic rings. The topological polar surface area (TPSA) is 61.4 Å². The minimum absolute atomic E-state index is 0.213. The van der Waals surface area contributed by atoms with Gasteiger partial charge >= 0.3 is 0 Å². The number of rotatable bonds is 6. The standard InChI is InChI=1S/C22H25N5OS/c1-5-8-18(26-11-13-27(14-12-26)20(28)7-3)15-16(4)23-22-25-19-10-9-17(6-2)24-21(19)29-22/h2,5,8-10,15H,4,7,11-14H2,1,3H3,(H,23,25)/b8-5-,18-15+. The number of hydrogen-bond donors (Lipinski definition) is 1. The van der Waals surface area contributed by atoms with E-state index in [4.69, 9.17) is 6.42 Å². The Morgan fingerprint density at radius 2 is 2.03 bits per heavy atom. The second-order valence-corrected chi connectivity index (χ2v) is 7.60. The van der Waals surface area contributed by atoms with Crippen molar-refractivity contribution in [3.05, 3.63) is 54.0 Å². The molecule has 0 aliphatic carbocycles. The van der Waals surface area contributed by atoms with Gasteiger partial charge in [0.25, 0.3) is 0 Å². The lowest BCUT2D eigenvalue weighted by Gasteiger charge is -2.36. The van der Waals surface area contributed by atoms with Crippen molar-refractivity contribution in [3.8, 4) is 12.3 Å². The molecule has 150 valence electrons. The van der Waals surface area contributed by atoms with Gasteiger partial charge in [0.2, 0.25) is 5.91 Å². The smallest absolute Gasteiger partial charge is 0.222 e. The summed E-state index contributed by atoms with van der Waals surface area (Å²) in [5.74, 6) is 2.75. The number of terminal acetylenes is 1. The molecule has 1 saturated heterocycles. The summed E-state index contributed by atoms with van der Waals surface area (Å²) >= 11 is 1.44. The predicted molar refractivity (Wildman–Crippen MR) is 119 cm³/mol. The van der Waals surface area contributed by atoms with Crippen molar-refractivity contribution in [2.75, 3.05) is 31.5 Å². The number of aromatic nitrogens is 2. The molecule has 0 atom stereocenters. The Labute approximate surface area is 175 Å². The highest BCUT2D eigenvalue weighted by Crippen LogP contribution is 2.26. The molecule has 0 bridgehead atoms. The fourth-order valence-corrected chi connectivity index (χ4v) is 4.03. The first kappa shape index (κ1) is 20.6. The lowest BCUT2D eigenvalue weighted by molar-refractivity contribution is -0.132. The van der Waals surface area contributed by atoms with Crippen molar-refractivity contribution in [1.82, 2.24) is 19.8 Å². The van der Waals surface area contributed by atoms with Crippen molar-refractivity contribution >= 4 is 32.7 Å². The molecule has 2 aromatic rings. The van der Waals surface area contributed by atoms with Crippen molar-refractivity contribution in [3.63, 3.8) is 0 Å². The average molecular weight is 408 g/mol. The van der Waals surface area contributed by atoms with E-state index in [-0.39, 0.29) is 5.91 Å². The van der Waals surface area contributed by atoms with Crippen LogP contribution >= 0.6 is 11.3 Å². The van der Waals surface area contributed by atoms with Crippen LogP contribution in [-0.2, 0) is 4.79 Å². The number of thiazole rings is 1. The largest absolute Gasteiger partial charge is 0.368 e. The second-order valence-electron chi connectivity index (χ2n) is 6.62. The third-order valence-electron chi connectivity index (χ3n) is 4.63. The number of carbonyl (C=O) groups is 1. The molecule has 1 fully saturated rings. The molecule has 0 unspecified atom stereocenters. The van der Waals surface area contributed by atoms with Gasteiger partial charge in [-0.3, -0.25) is 4.79 Å². The number of pyridine rings is 1. The third-order valence-corrected chi connectivity index (χ3v) is 5.51. The quantitative estimate of drug-likeness (QED) is 0.585. The van der Waals surface area contributed by atoms with E-state index < -0.39 is 0 Å². The van der Waals surface area contributed by atoms with Crippen LogP contribution in [0.5, 0.6) is 0 Å². The molecule has 0 radical (unpaired) electrons. The fraction of sp³-hybridized carbons (Fsp3) is 0.318. The zero-order valence-electron chi connectivity index (χ0n) is 16.8. The molecule has 1 aliphatic heterocycles. The number of allylic oxidation sites excluding steroid dienone is 3. The Kier molecular flexibility index (Phi) is 6.68. The Hall–Kier alpha value is -3.11. The number of carbonyl (C=O) groups excluding carboxylic acids is 1. The van der Waals surface area contributed by atoms with Crippen LogP contribution in [-0.4, -0.2) is 51.9 Å². The first-order chi connectivity index (χ1) is 14.0. The van der Waals surface area contributed by atoms with E-state index in [1.165, 1.54) is 11.3 Å². The van der Waals surface area contributed by atoms with Gasteiger partial charge in [0, 0.05) is 44.0 Å². The van der Waals surface area contributed by atoms with Gasteiger partial charge in [0.15, 0.2) is 5.13 Å². The summed E-state index contributed by atoms with van der Waals surface area (Å²) < 4.78 is 0. The highest BCUT2D eigenvalue weighted by molar-refractivity contribution is 7.21. The van der Waals surface area contributed by atoms with Crippen molar-refractivity contribution in [1.29, 1.82) is 0 Å². The Bertz CT molecular complexity index is 1010. The van der Waals surface area contributed by atoms with E-state index >= 15 is 0 Å². The fourth-order valence-electron chi connectivity index (χ4n) is 3.16. The van der Waals surface area contributed by atoms with Gasteiger partial charge in [-0.2, -0.15) is 0 Å². The number of hydrogen-bond acceptors (Lipinski definition) is 6. The summed E-state index contributed by atoms with van der Waals surface area (Å²) in [7, 11) is 0. The maximum Gasteiger partial charge on any atom is 0.222 e. The van der Waals surface area contributed by atoms with Gasteiger partial charge in [-0.15, -0.1) is 6.42 Å². The highest BCUT2D eigenvalue weighted by atomic mass is 32.1. The number of nitrogens with zero attached hydrogens (tertiary/aromatic N) is 4. The van der Waals surface area contributed by atoms with E-state index in [0.29, 0.717) is 12.1 Å². The first-order valence-electron chi connectivity index (χ1n) is 9.61. The van der Waals surface area contributed by atoms with Crippen LogP contribution in [0.4, 0.5) is 5.13 Å². The molecule has 29 heavy (non-hydrogen) atoms. The van der Waals surface area contributed by atoms with Gasteiger partial charge < -0.3 is 15.1 Å². The lowest BCUT2D eigenvalue weighted by atomic mass is 10.2. The van der Waals surface area contributed by atoms with Crippen LogP contribution in [0.1, 0.15) is 26.0 Å². The molecule has 7 heteroatoms. The number of piperazine rings is 1. The van der Waals surface area contributed by atoms with Gasteiger partial charge in [-0.1, -0.05) is 36.8 Å². The average Bonchev–Trinajstić information content (AvgIpc) is 3.14. The number of amides is 1. The number of nitrogens with one attached hydrogen (secondary N) is 1. The number of fused-ring (bicyclic) bond motifs is 1. The highest BCUT2D eigenvalue weighted by Gasteiger charge is 2.20. The van der Waals surface area contributed by atoms with Crippen molar-refractivity contribution in [2.45, 2.75) is 20.3 Å². The van der Waals surface area contributed by atoms with E-state index in [1.54, 1.807) is 6.07 Å². The molecule has 3 heterocycles. The second kappa shape index (κ2) is 9.39. The summed E-state index contributed by atoms with van der Waals surface area (Å²) in [6.07, 6.45) is 12.0. The molecule has 6 nitrogen and oxygen atoms in total. The van der Waals surface area contributed by atoms with Gasteiger partial charge in [0.05, 0.1) is 0 Å². The van der Waals surface area contributed by atoms with Gasteiger partial charge in [-0.25, -0.2) is 9.97 Å². The summed E-state index contributed by atoms with van der Waals surface area (Å²) in [5, 5.41) is 3.98. The molecular formula is C22H25N5OS. The van der Waals surface area contributed by atoms with Crippen LogP contribution in [0, 0.1) is 12.3 Å². The van der Waals surface area contributed by atoms with Gasteiger partial charge in [-0.05, 0) is 31.2 Å². The SMILES string of the molecule is C#Cc1ccc2nc(NC(=C)/C=C(\C=C/C)N3CCN(C(=O)CC)CC3)sc2n1. The minimum Gasteiger partial charge on any atom is -0.368 e. The van der Waals surface area contributed by atoms with Gasteiger partial charge in [0.1, 0.15) is 16.0 Å². The maximum atomic E-state index is 11.9. The van der Waals surface area contributed by atoms with E-state index in [2.05, 4.69) is 38.8 Å². The molecule has 2 aromatic heterocycles. The normalized spacial score (nSPS) is 15.0. The van der Waals surface area contributed by atoms with E-state index in [9.17, 15) is 4.79 Å². The Morgan fingerprint density at radius 3 is 2.69 bits per heavy atom. The number of anilines is 1. The lowest BCUT2D eigenvalue weighted by Crippen LogP contribution is -2.47.